The van der Waals surface area contributed by atoms with Crippen LogP contribution in [0.1, 0.15) is 26.7 Å². The maximum atomic E-state index is 10.8. The lowest BCUT2D eigenvalue weighted by atomic mass is 9.99. The third-order valence-corrected chi connectivity index (χ3v) is 1.91. The minimum absolute atomic E-state index is 0.0172. The Hall–Kier alpha value is -0.610. The van der Waals surface area contributed by atoms with Gasteiger partial charge < -0.3 is 14.6 Å². The van der Waals surface area contributed by atoms with Crippen molar-refractivity contribution in [2.45, 2.75) is 38.4 Å². The van der Waals surface area contributed by atoms with E-state index in [4.69, 9.17) is 4.74 Å². The zero-order chi connectivity index (χ0) is 10.5. The molecule has 0 amide bonds. The van der Waals surface area contributed by atoms with Gasteiger partial charge in [0.15, 0.2) is 0 Å². The summed E-state index contributed by atoms with van der Waals surface area (Å²) < 4.78 is 9.54. The highest BCUT2D eigenvalue weighted by atomic mass is 16.5. The molecule has 78 valence electrons. The fourth-order valence-corrected chi connectivity index (χ4v) is 0.999. The van der Waals surface area contributed by atoms with Gasteiger partial charge in [0.05, 0.1) is 25.2 Å². The van der Waals surface area contributed by atoms with Gasteiger partial charge in [-0.25, -0.2) is 0 Å². The zero-order valence-electron chi connectivity index (χ0n) is 8.66. The third kappa shape index (κ3) is 5.60. The zero-order valence-corrected chi connectivity index (χ0v) is 8.66. The molecule has 0 heterocycles. The number of rotatable bonds is 5. The summed E-state index contributed by atoms with van der Waals surface area (Å²) in [5.74, 6) is -0.403. The van der Waals surface area contributed by atoms with Crippen molar-refractivity contribution < 1.29 is 19.4 Å². The van der Waals surface area contributed by atoms with Crippen LogP contribution in [0.25, 0.3) is 0 Å². The van der Waals surface area contributed by atoms with E-state index in [9.17, 15) is 9.90 Å². The maximum absolute atomic E-state index is 10.8. The third-order valence-electron chi connectivity index (χ3n) is 1.91. The van der Waals surface area contributed by atoms with Gasteiger partial charge in [0, 0.05) is 13.5 Å². The lowest BCUT2D eigenvalue weighted by Gasteiger charge is -2.25. The fourth-order valence-electron chi connectivity index (χ4n) is 0.999. The van der Waals surface area contributed by atoms with Crippen molar-refractivity contribution in [3.63, 3.8) is 0 Å². The highest BCUT2D eigenvalue weighted by molar-refractivity contribution is 5.69. The summed E-state index contributed by atoms with van der Waals surface area (Å²) in [7, 11) is 2.88. The van der Waals surface area contributed by atoms with Gasteiger partial charge >= 0.3 is 5.97 Å². The molecular formula is C9H18O4. The number of carbonyl (C=O) groups is 1. The Bertz CT molecular complexity index is 165. The van der Waals surface area contributed by atoms with Crippen LogP contribution in [0, 0.1) is 0 Å². The van der Waals surface area contributed by atoms with Crippen LogP contribution >= 0.6 is 0 Å². The Balaban J connectivity index is 3.86. The summed E-state index contributed by atoms with van der Waals surface area (Å²) in [6, 6.07) is 0. The quantitative estimate of drug-likeness (QED) is 0.649. The Labute approximate surface area is 78.8 Å². The maximum Gasteiger partial charge on any atom is 0.308 e. The molecule has 4 nitrogen and oxygen atoms in total. The van der Waals surface area contributed by atoms with Gasteiger partial charge in [0.2, 0.25) is 0 Å². The van der Waals surface area contributed by atoms with E-state index in [1.165, 1.54) is 7.11 Å². The highest BCUT2D eigenvalue weighted by Gasteiger charge is 2.23. The first-order valence-corrected chi connectivity index (χ1v) is 4.21. The van der Waals surface area contributed by atoms with Gasteiger partial charge in [-0.1, -0.05) is 0 Å². The predicted molar refractivity (Wildman–Crippen MR) is 48.3 cm³/mol. The van der Waals surface area contributed by atoms with Crippen LogP contribution in [0.4, 0.5) is 0 Å². The lowest BCUT2D eigenvalue weighted by molar-refractivity contribution is -0.143. The monoisotopic (exact) mass is 190 g/mol. The molecule has 0 radical (unpaired) electrons. The molecule has 0 aromatic heterocycles. The molecular weight excluding hydrogens is 172 g/mol. The molecule has 0 bridgehead atoms. The molecule has 13 heavy (non-hydrogen) atoms. The van der Waals surface area contributed by atoms with E-state index in [2.05, 4.69) is 4.74 Å². The van der Waals surface area contributed by atoms with Crippen molar-refractivity contribution in [1.29, 1.82) is 0 Å². The van der Waals surface area contributed by atoms with Gasteiger partial charge in [-0.15, -0.1) is 0 Å². The Morgan fingerprint density at radius 1 is 1.46 bits per heavy atom. The molecule has 0 rings (SSSR count). The van der Waals surface area contributed by atoms with Crippen molar-refractivity contribution >= 4 is 5.97 Å². The van der Waals surface area contributed by atoms with Gasteiger partial charge in [-0.05, 0) is 13.8 Å². The van der Waals surface area contributed by atoms with Crippen LogP contribution in [0.2, 0.25) is 0 Å². The summed E-state index contributed by atoms with van der Waals surface area (Å²) in [6.07, 6.45) is -0.274. The normalized spacial score (nSPS) is 13.9. The van der Waals surface area contributed by atoms with Crippen molar-refractivity contribution in [3.8, 4) is 0 Å². The van der Waals surface area contributed by atoms with Crippen LogP contribution in [0.5, 0.6) is 0 Å². The Morgan fingerprint density at radius 3 is 2.38 bits per heavy atom. The Kier molecular flexibility index (Phi) is 4.95. The van der Waals surface area contributed by atoms with Gasteiger partial charge in [0.1, 0.15) is 0 Å². The molecule has 4 heteroatoms. The second-order valence-electron chi connectivity index (χ2n) is 3.60. The fraction of sp³-hybridized carbons (Fsp3) is 0.889. The van der Waals surface area contributed by atoms with Crippen LogP contribution in [0.15, 0.2) is 0 Å². The van der Waals surface area contributed by atoms with Crippen LogP contribution in [0.3, 0.4) is 0 Å². The summed E-state index contributed by atoms with van der Waals surface area (Å²) in [5, 5.41) is 9.44. The van der Waals surface area contributed by atoms with Gasteiger partial charge in [-0.3, -0.25) is 4.79 Å². The number of hydrogen-bond donors (Lipinski definition) is 1. The average Bonchev–Trinajstić information content (AvgIpc) is 2.03. The molecule has 0 aromatic rings. The van der Waals surface area contributed by atoms with E-state index in [1.807, 2.05) is 13.8 Å². The Morgan fingerprint density at radius 2 is 2.00 bits per heavy atom. The molecule has 0 aromatic carbocycles. The summed E-state index contributed by atoms with van der Waals surface area (Å²) in [6.45, 7) is 3.71. The molecule has 0 aliphatic rings. The van der Waals surface area contributed by atoms with E-state index in [1.54, 1.807) is 7.11 Å². The number of hydrogen-bond acceptors (Lipinski definition) is 4. The smallest absolute Gasteiger partial charge is 0.308 e. The SMILES string of the molecule is COC(=O)CC(O)CC(C)(C)OC. The summed E-state index contributed by atoms with van der Waals surface area (Å²) in [5.41, 5.74) is -0.409. The summed E-state index contributed by atoms with van der Waals surface area (Å²) in [4.78, 5) is 10.8. The van der Waals surface area contributed by atoms with E-state index in [-0.39, 0.29) is 6.42 Å². The van der Waals surface area contributed by atoms with Gasteiger partial charge in [-0.2, -0.15) is 0 Å². The van der Waals surface area contributed by atoms with Crippen LogP contribution in [-0.2, 0) is 14.3 Å². The highest BCUT2D eigenvalue weighted by Crippen LogP contribution is 2.17. The van der Waals surface area contributed by atoms with E-state index < -0.39 is 17.7 Å². The molecule has 0 saturated heterocycles. The minimum atomic E-state index is -0.706. The first-order chi connectivity index (χ1) is 5.91. The topological polar surface area (TPSA) is 55.8 Å². The molecule has 0 aliphatic heterocycles. The number of esters is 1. The second kappa shape index (κ2) is 5.19. The van der Waals surface area contributed by atoms with Crippen LogP contribution < -0.4 is 0 Å². The minimum Gasteiger partial charge on any atom is -0.469 e. The standard InChI is InChI=1S/C9H18O4/c1-9(2,13-4)6-7(10)5-8(11)12-3/h7,10H,5-6H2,1-4H3. The number of carbonyl (C=O) groups excluding carboxylic acids is 1. The van der Waals surface area contributed by atoms with Gasteiger partial charge in [0.25, 0.3) is 0 Å². The number of ether oxygens (including phenoxy) is 2. The van der Waals surface area contributed by atoms with Crippen molar-refractivity contribution in [2.24, 2.45) is 0 Å². The largest absolute Gasteiger partial charge is 0.469 e. The first kappa shape index (κ1) is 12.4. The predicted octanol–water partition coefficient (Wildman–Crippen LogP) is 0.725. The molecule has 1 atom stereocenters. The van der Waals surface area contributed by atoms with E-state index in [0.29, 0.717) is 6.42 Å². The molecule has 0 spiro atoms. The number of aliphatic hydroxyl groups is 1. The lowest BCUT2D eigenvalue weighted by Crippen LogP contribution is -2.30. The average molecular weight is 190 g/mol. The van der Waals surface area contributed by atoms with Crippen LogP contribution in [-0.4, -0.2) is 37.0 Å². The van der Waals surface area contributed by atoms with Crippen molar-refractivity contribution in [2.75, 3.05) is 14.2 Å². The molecule has 1 unspecified atom stereocenters. The molecule has 0 saturated carbocycles. The van der Waals surface area contributed by atoms with E-state index >= 15 is 0 Å². The van der Waals surface area contributed by atoms with E-state index in [0.717, 1.165) is 0 Å². The molecule has 1 N–H and O–H groups in total. The number of aliphatic hydroxyl groups excluding tert-OH is 1. The first-order valence-electron chi connectivity index (χ1n) is 4.21. The molecule has 0 fully saturated rings. The second-order valence-corrected chi connectivity index (χ2v) is 3.60. The summed E-state index contributed by atoms with van der Waals surface area (Å²) >= 11 is 0. The van der Waals surface area contributed by atoms with Crippen molar-refractivity contribution in [1.82, 2.24) is 0 Å². The van der Waals surface area contributed by atoms with Crippen molar-refractivity contribution in [3.05, 3.63) is 0 Å². The molecule has 0 aliphatic carbocycles. The number of methoxy groups -OCH3 is 2.